The second-order valence-electron chi connectivity index (χ2n) is 4.00. The lowest BCUT2D eigenvalue weighted by molar-refractivity contribution is -0.120. The quantitative estimate of drug-likeness (QED) is 0.687. The maximum Gasteiger partial charge on any atom is 0.170 e. The zero-order valence-corrected chi connectivity index (χ0v) is 10.1. The van der Waals surface area contributed by atoms with Gasteiger partial charge < -0.3 is 4.74 Å². The lowest BCUT2D eigenvalue weighted by Crippen LogP contribution is -2.21. The number of hydrogen-bond donors (Lipinski definition) is 0. The smallest absolute Gasteiger partial charge is 0.170 e. The summed E-state index contributed by atoms with van der Waals surface area (Å²) in [6.07, 6.45) is 3.93. The van der Waals surface area contributed by atoms with Crippen molar-refractivity contribution in [1.82, 2.24) is 0 Å². The van der Waals surface area contributed by atoms with E-state index in [0.29, 0.717) is 17.8 Å². The number of allylic oxidation sites excluding steroid dienone is 3. The van der Waals surface area contributed by atoms with Crippen molar-refractivity contribution in [2.75, 3.05) is 0 Å². The van der Waals surface area contributed by atoms with Crippen molar-refractivity contribution >= 4 is 5.78 Å². The van der Waals surface area contributed by atoms with Crippen LogP contribution in [-0.4, -0.2) is 5.78 Å². The Balaban J connectivity index is 2.29. The Morgan fingerprint density at radius 2 is 1.88 bits per heavy atom. The van der Waals surface area contributed by atoms with Gasteiger partial charge in [0.25, 0.3) is 0 Å². The van der Waals surface area contributed by atoms with Gasteiger partial charge in [-0.1, -0.05) is 36.4 Å². The molecule has 0 aliphatic carbocycles. The second-order valence-corrected chi connectivity index (χ2v) is 4.00. The molecule has 1 aliphatic heterocycles. The SMILES string of the molecule is CC=C1OC(c2ccccc2)CC(=O)C1=CC. The Morgan fingerprint density at radius 1 is 1.18 bits per heavy atom. The van der Waals surface area contributed by atoms with Crippen LogP contribution in [0, 0.1) is 0 Å². The van der Waals surface area contributed by atoms with Crippen molar-refractivity contribution in [1.29, 1.82) is 0 Å². The molecule has 0 N–H and O–H groups in total. The Morgan fingerprint density at radius 3 is 2.47 bits per heavy atom. The standard InChI is InChI=1S/C15H16O2/c1-3-12-13(16)10-15(17-14(12)4-2)11-8-6-5-7-9-11/h3-9,15H,10H2,1-2H3. The minimum Gasteiger partial charge on any atom is -0.485 e. The zero-order chi connectivity index (χ0) is 12.3. The van der Waals surface area contributed by atoms with Crippen molar-refractivity contribution in [2.24, 2.45) is 0 Å². The second kappa shape index (κ2) is 5.00. The first-order chi connectivity index (χ1) is 8.26. The van der Waals surface area contributed by atoms with Gasteiger partial charge in [-0.05, 0) is 25.5 Å². The van der Waals surface area contributed by atoms with Gasteiger partial charge in [0.1, 0.15) is 11.9 Å². The summed E-state index contributed by atoms with van der Waals surface area (Å²) in [6, 6.07) is 9.87. The van der Waals surface area contributed by atoms with E-state index in [1.165, 1.54) is 0 Å². The molecule has 1 saturated heterocycles. The van der Waals surface area contributed by atoms with Crippen molar-refractivity contribution in [3.8, 4) is 0 Å². The molecule has 2 rings (SSSR count). The predicted molar refractivity (Wildman–Crippen MR) is 67.4 cm³/mol. The number of carbonyl (C=O) groups excluding carboxylic acids is 1. The third-order valence-corrected chi connectivity index (χ3v) is 2.93. The third-order valence-electron chi connectivity index (χ3n) is 2.93. The zero-order valence-electron chi connectivity index (χ0n) is 10.1. The summed E-state index contributed by atoms with van der Waals surface area (Å²) in [5, 5.41) is 0. The van der Waals surface area contributed by atoms with Gasteiger partial charge in [-0.25, -0.2) is 0 Å². The lowest BCUT2D eigenvalue weighted by atomic mass is 9.95. The van der Waals surface area contributed by atoms with Crippen LogP contribution in [0.25, 0.3) is 0 Å². The first-order valence-corrected chi connectivity index (χ1v) is 5.84. The van der Waals surface area contributed by atoms with Gasteiger partial charge in [0.2, 0.25) is 0 Å². The van der Waals surface area contributed by atoms with Crippen molar-refractivity contribution in [3.05, 3.63) is 59.4 Å². The monoisotopic (exact) mass is 228 g/mol. The fourth-order valence-electron chi connectivity index (χ4n) is 2.05. The molecular formula is C15H16O2. The van der Waals surface area contributed by atoms with E-state index < -0.39 is 0 Å². The minimum absolute atomic E-state index is 0.153. The highest BCUT2D eigenvalue weighted by Gasteiger charge is 2.28. The average Bonchev–Trinajstić information content (AvgIpc) is 2.38. The fourth-order valence-corrected chi connectivity index (χ4v) is 2.05. The normalized spacial score (nSPS) is 25.1. The van der Waals surface area contributed by atoms with E-state index in [2.05, 4.69) is 0 Å². The molecule has 0 radical (unpaired) electrons. The van der Waals surface area contributed by atoms with Crippen LogP contribution in [0.3, 0.4) is 0 Å². The largest absolute Gasteiger partial charge is 0.485 e. The third kappa shape index (κ3) is 2.31. The van der Waals surface area contributed by atoms with Crippen molar-refractivity contribution in [2.45, 2.75) is 26.4 Å². The van der Waals surface area contributed by atoms with Crippen molar-refractivity contribution < 1.29 is 9.53 Å². The predicted octanol–water partition coefficient (Wildman–Crippen LogP) is 3.57. The number of benzene rings is 1. The Labute approximate surface area is 102 Å². The number of ketones is 1. The van der Waals surface area contributed by atoms with Crippen LogP contribution >= 0.6 is 0 Å². The topological polar surface area (TPSA) is 26.3 Å². The van der Waals surface area contributed by atoms with Gasteiger partial charge in [-0.3, -0.25) is 4.79 Å². The van der Waals surface area contributed by atoms with Gasteiger partial charge in [0, 0.05) is 0 Å². The molecule has 1 aliphatic rings. The molecule has 2 nitrogen and oxygen atoms in total. The highest BCUT2D eigenvalue weighted by Crippen LogP contribution is 2.33. The highest BCUT2D eigenvalue weighted by molar-refractivity contribution is 6.00. The Hall–Kier alpha value is -1.83. The van der Waals surface area contributed by atoms with Crippen LogP contribution in [0.1, 0.15) is 31.9 Å². The molecule has 1 aromatic carbocycles. The molecule has 0 amide bonds. The summed E-state index contributed by atoms with van der Waals surface area (Å²) < 4.78 is 5.87. The van der Waals surface area contributed by atoms with E-state index >= 15 is 0 Å². The summed E-state index contributed by atoms with van der Waals surface area (Å²) in [7, 11) is 0. The Kier molecular flexibility index (Phi) is 3.43. The van der Waals surface area contributed by atoms with E-state index in [1.54, 1.807) is 0 Å². The molecule has 0 aromatic heterocycles. The lowest BCUT2D eigenvalue weighted by Gasteiger charge is -2.27. The van der Waals surface area contributed by atoms with Gasteiger partial charge in [0.05, 0.1) is 12.0 Å². The minimum atomic E-state index is -0.154. The molecule has 1 atom stereocenters. The molecule has 1 fully saturated rings. The first kappa shape index (κ1) is 11.6. The van der Waals surface area contributed by atoms with Crippen LogP contribution < -0.4 is 0 Å². The summed E-state index contributed by atoms with van der Waals surface area (Å²) in [5.74, 6) is 0.846. The van der Waals surface area contributed by atoms with Gasteiger partial charge >= 0.3 is 0 Å². The van der Waals surface area contributed by atoms with Crippen LogP contribution in [0.5, 0.6) is 0 Å². The molecule has 0 spiro atoms. The maximum absolute atomic E-state index is 12.0. The number of Topliss-reactive ketones (excluding diaryl/α,β-unsaturated/α-hetero) is 1. The average molecular weight is 228 g/mol. The fraction of sp³-hybridized carbons (Fsp3) is 0.267. The summed E-state index contributed by atoms with van der Waals surface area (Å²) >= 11 is 0. The molecule has 1 aromatic rings. The van der Waals surface area contributed by atoms with Crippen LogP contribution in [0.2, 0.25) is 0 Å². The van der Waals surface area contributed by atoms with Gasteiger partial charge in [-0.15, -0.1) is 0 Å². The van der Waals surface area contributed by atoms with Crippen LogP contribution in [-0.2, 0) is 9.53 Å². The van der Waals surface area contributed by atoms with E-state index in [-0.39, 0.29) is 11.9 Å². The molecule has 1 heterocycles. The highest BCUT2D eigenvalue weighted by atomic mass is 16.5. The van der Waals surface area contributed by atoms with Crippen LogP contribution in [0.4, 0.5) is 0 Å². The molecule has 0 saturated carbocycles. The summed E-state index contributed by atoms with van der Waals surface area (Å²) in [4.78, 5) is 12.0. The molecule has 0 bridgehead atoms. The number of ether oxygens (including phenoxy) is 1. The van der Waals surface area contributed by atoms with Gasteiger partial charge in [0.15, 0.2) is 5.78 Å². The molecule has 2 heteroatoms. The van der Waals surface area contributed by atoms with E-state index in [1.807, 2.05) is 56.3 Å². The summed E-state index contributed by atoms with van der Waals surface area (Å²) in [6.45, 7) is 3.75. The number of hydrogen-bond acceptors (Lipinski definition) is 2. The van der Waals surface area contributed by atoms with Gasteiger partial charge in [-0.2, -0.15) is 0 Å². The van der Waals surface area contributed by atoms with E-state index in [4.69, 9.17) is 4.74 Å². The van der Waals surface area contributed by atoms with Crippen molar-refractivity contribution in [3.63, 3.8) is 0 Å². The molecule has 17 heavy (non-hydrogen) atoms. The maximum atomic E-state index is 12.0. The first-order valence-electron chi connectivity index (χ1n) is 5.84. The molecular weight excluding hydrogens is 212 g/mol. The number of rotatable bonds is 1. The van der Waals surface area contributed by atoms with E-state index in [0.717, 1.165) is 5.56 Å². The van der Waals surface area contributed by atoms with Crippen LogP contribution in [0.15, 0.2) is 53.8 Å². The number of carbonyl (C=O) groups is 1. The molecule has 88 valence electrons. The van der Waals surface area contributed by atoms with E-state index in [9.17, 15) is 4.79 Å². The molecule has 1 unspecified atom stereocenters. The Bertz CT molecular complexity index is 469. The summed E-state index contributed by atoms with van der Waals surface area (Å²) in [5.41, 5.74) is 1.75.